The molecule has 3 rings (SSSR count). The van der Waals surface area contributed by atoms with E-state index >= 15 is 0 Å². The van der Waals surface area contributed by atoms with Gasteiger partial charge in [-0.3, -0.25) is 14.5 Å². The van der Waals surface area contributed by atoms with Gasteiger partial charge in [-0.2, -0.15) is 0 Å². The van der Waals surface area contributed by atoms with Crippen LogP contribution in [0.5, 0.6) is 5.75 Å². The molecule has 1 unspecified atom stereocenters. The lowest BCUT2D eigenvalue weighted by molar-refractivity contribution is -0.139. The van der Waals surface area contributed by atoms with Crippen LogP contribution in [-0.2, 0) is 9.59 Å². The Morgan fingerprint density at radius 1 is 1.29 bits per heavy atom. The normalized spacial score (nSPS) is 23.6. The first-order chi connectivity index (χ1) is 9.87. The molecule has 1 fully saturated rings. The second-order valence-electron chi connectivity index (χ2n) is 6.30. The van der Waals surface area contributed by atoms with Gasteiger partial charge in [0.05, 0.1) is 18.3 Å². The number of benzene rings is 1. The quantitative estimate of drug-likeness (QED) is 0.847. The number of nitrogens with one attached hydrogen (secondary N) is 1. The second kappa shape index (κ2) is 4.76. The largest absolute Gasteiger partial charge is 0.483 e. The van der Waals surface area contributed by atoms with Gasteiger partial charge in [-0.05, 0) is 38.5 Å². The van der Waals surface area contributed by atoms with Crippen LogP contribution in [0.25, 0.3) is 0 Å². The van der Waals surface area contributed by atoms with E-state index < -0.39 is 5.60 Å². The van der Waals surface area contributed by atoms with Crippen molar-refractivity contribution in [3.8, 4) is 5.75 Å². The van der Waals surface area contributed by atoms with Crippen molar-refractivity contribution in [2.24, 2.45) is 0 Å². The summed E-state index contributed by atoms with van der Waals surface area (Å²) in [5, 5.41) is 3.42. The number of hydrogen-bond acceptors (Lipinski definition) is 4. The van der Waals surface area contributed by atoms with Gasteiger partial charge in [0.15, 0.2) is 0 Å². The number of imide groups is 1. The zero-order valence-corrected chi connectivity index (χ0v) is 12.6. The van der Waals surface area contributed by atoms with Crippen LogP contribution in [0, 0.1) is 6.92 Å². The number of rotatable bonds is 2. The van der Waals surface area contributed by atoms with E-state index in [0.717, 1.165) is 17.0 Å². The monoisotopic (exact) mass is 288 g/mol. The number of likely N-dealkylation sites (tertiary alicyclic amines) is 1. The van der Waals surface area contributed by atoms with Gasteiger partial charge >= 0.3 is 0 Å². The molecular formula is C16H20N2O3. The van der Waals surface area contributed by atoms with Gasteiger partial charge in [-0.1, -0.05) is 6.07 Å². The Morgan fingerprint density at radius 3 is 2.62 bits per heavy atom. The van der Waals surface area contributed by atoms with Gasteiger partial charge in [0.1, 0.15) is 11.4 Å². The summed E-state index contributed by atoms with van der Waals surface area (Å²) in [6.45, 7) is 6.30. The van der Waals surface area contributed by atoms with Crippen molar-refractivity contribution in [3.63, 3.8) is 0 Å². The molecule has 0 aliphatic carbocycles. The Balaban J connectivity index is 1.85. The van der Waals surface area contributed by atoms with E-state index in [2.05, 4.69) is 5.32 Å². The van der Waals surface area contributed by atoms with Crippen LogP contribution in [0.3, 0.4) is 0 Å². The summed E-state index contributed by atoms with van der Waals surface area (Å²) in [6.07, 6.45) is 0.644. The second-order valence-corrected chi connectivity index (χ2v) is 6.30. The van der Waals surface area contributed by atoms with Crippen molar-refractivity contribution >= 4 is 17.5 Å². The van der Waals surface area contributed by atoms with E-state index in [0.29, 0.717) is 19.4 Å². The lowest BCUT2D eigenvalue weighted by atomic mass is 9.95. The fourth-order valence-electron chi connectivity index (χ4n) is 2.84. The highest BCUT2D eigenvalue weighted by molar-refractivity contribution is 6.02. The fourth-order valence-corrected chi connectivity index (χ4v) is 2.84. The number of nitrogens with zero attached hydrogens (tertiary/aromatic N) is 1. The summed E-state index contributed by atoms with van der Waals surface area (Å²) in [4.78, 5) is 25.0. The molecule has 0 radical (unpaired) electrons. The van der Waals surface area contributed by atoms with Crippen LogP contribution in [0.15, 0.2) is 18.2 Å². The maximum Gasteiger partial charge on any atom is 0.229 e. The third-order valence-corrected chi connectivity index (χ3v) is 4.20. The summed E-state index contributed by atoms with van der Waals surface area (Å²) < 4.78 is 6.06. The molecule has 5 nitrogen and oxygen atoms in total. The Morgan fingerprint density at radius 2 is 1.95 bits per heavy atom. The van der Waals surface area contributed by atoms with Gasteiger partial charge in [0.2, 0.25) is 11.8 Å². The predicted octanol–water partition coefficient (Wildman–Crippen LogP) is 2.10. The molecule has 21 heavy (non-hydrogen) atoms. The van der Waals surface area contributed by atoms with E-state index in [1.807, 2.05) is 39.0 Å². The zero-order chi connectivity index (χ0) is 15.2. The van der Waals surface area contributed by atoms with Gasteiger partial charge in [0, 0.05) is 12.8 Å². The summed E-state index contributed by atoms with van der Waals surface area (Å²) >= 11 is 0. The SMILES string of the molecule is Cc1ccc2c(c1)NC(CN1C(=O)CCC1=O)C(C)(C)O2. The molecule has 0 spiro atoms. The molecule has 112 valence electrons. The van der Waals surface area contributed by atoms with Gasteiger partial charge in [-0.25, -0.2) is 0 Å². The van der Waals surface area contributed by atoms with E-state index in [1.54, 1.807) is 0 Å². The molecule has 2 amide bonds. The van der Waals surface area contributed by atoms with E-state index in [9.17, 15) is 9.59 Å². The van der Waals surface area contributed by atoms with Crippen LogP contribution in [-0.4, -0.2) is 34.9 Å². The third-order valence-electron chi connectivity index (χ3n) is 4.20. The Labute approximate surface area is 124 Å². The highest BCUT2D eigenvalue weighted by Crippen LogP contribution is 2.37. The van der Waals surface area contributed by atoms with Gasteiger partial charge in [0.25, 0.3) is 0 Å². The number of ether oxygens (including phenoxy) is 1. The highest BCUT2D eigenvalue weighted by Gasteiger charge is 2.41. The number of carbonyl (C=O) groups excluding carboxylic acids is 2. The number of amides is 2. The minimum atomic E-state index is -0.495. The summed E-state index contributed by atoms with van der Waals surface area (Å²) in [5.74, 6) is 0.626. The van der Waals surface area contributed by atoms with Crippen molar-refractivity contribution in [1.82, 2.24) is 4.90 Å². The predicted molar refractivity (Wildman–Crippen MR) is 79.3 cm³/mol. The molecule has 5 heteroatoms. The average Bonchev–Trinajstić information content (AvgIpc) is 2.71. The number of carbonyl (C=O) groups is 2. The summed E-state index contributed by atoms with van der Waals surface area (Å²) in [5.41, 5.74) is 1.56. The molecule has 0 bridgehead atoms. The molecule has 2 heterocycles. The van der Waals surface area contributed by atoms with Gasteiger partial charge in [-0.15, -0.1) is 0 Å². The molecule has 2 aliphatic heterocycles. The first-order valence-corrected chi connectivity index (χ1v) is 7.26. The van der Waals surface area contributed by atoms with Crippen molar-refractivity contribution in [2.75, 3.05) is 11.9 Å². The molecule has 0 saturated carbocycles. The average molecular weight is 288 g/mol. The Kier molecular flexibility index (Phi) is 3.15. The maximum absolute atomic E-state index is 11.8. The molecule has 1 aromatic carbocycles. The van der Waals surface area contributed by atoms with E-state index in [1.165, 1.54) is 4.90 Å². The Bertz CT molecular complexity index is 594. The maximum atomic E-state index is 11.8. The van der Waals surface area contributed by atoms with Crippen molar-refractivity contribution in [2.45, 2.75) is 45.3 Å². The Hall–Kier alpha value is -2.04. The highest BCUT2D eigenvalue weighted by atomic mass is 16.5. The minimum Gasteiger partial charge on any atom is -0.483 e. The van der Waals surface area contributed by atoms with Gasteiger partial charge < -0.3 is 10.1 Å². The van der Waals surface area contributed by atoms with Crippen molar-refractivity contribution in [3.05, 3.63) is 23.8 Å². The van der Waals surface area contributed by atoms with Crippen LogP contribution in [0.2, 0.25) is 0 Å². The fraction of sp³-hybridized carbons (Fsp3) is 0.500. The molecule has 0 aromatic heterocycles. The number of aryl methyl sites for hydroxylation is 1. The van der Waals surface area contributed by atoms with Crippen LogP contribution in [0.4, 0.5) is 5.69 Å². The molecule has 1 atom stereocenters. The minimum absolute atomic E-state index is 0.0901. The lowest BCUT2D eigenvalue weighted by Crippen LogP contribution is -2.55. The summed E-state index contributed by atoms with van der Waals surface area (Å²) in [7, 11) is 0. The standard InChI is InChI=1S/C16H20N2O3/c1-10-4-5-12-11(8-10)17-13(16(2,3)21-12)9-18-14(19)6-7-15(18)20/h4-5,8,13,17H,6-7,9H2,1-3H3. The molecule has 2 aliphatic rings. The van der Waals surface area contributed by atoms with Crippen molar-refractivity contribution < 1.29 is 14.3 Å². The summed E-state index contributed by atoms with van der Waals surface area (Å²) in [6, 6.07) is 5.84. The van der Waals surface area contributed by atoms with E-state index in [-0.39, 0.29) is 17.9 Å². The van der Waals surface area contributed by atoms with Crippen LogP contribution < -0.4 is 10.1 Å². The zero-order valence-electron chi connectivity index (χ0n) is 12.6. The first-order valence-electron chi connectivity index (χ1n) is 7.26. The molecular weight excluding hydrogens is 268 g/mol. The number of hydrogen-bond donors (Lipinski definition) is 1. The van der Waals surface area contributed by atoms with Crippen LogP contribution >= 0.6 is 0 Å². The lowest BCUT2D eigenvalue weighted by Gasteiger charge is -2.42. The topological polar surface area (TPSA) is 58.6 Å². The molecule has 1 aromatic rings. The number of anilines is 1. The molecule has 1 saturated heterocycles. The molecule has 1 N–H and O–H groups in total. The third kappa shape index (κ3) is 2.48. The van der Waals surface area contributed by atoms with Crippen molar-refractivity contribution in [1.29, 1.82) is 0 Å². The van der Waals surface area contributed by atoms with Crippen LogP contribution in [0.1, 0.15) is 32.3 Å². The van der Waals surface area contributed by atoms with E-state index in [4.69, 9.17) is 4.74 Å². The first kappa shape index (κ1) is 13.9. The smallest absolute Gasteiger partial charge is 0.229 e. The number of fused-ring (bicyclic) bond motifs is 1.